The van der Waals surface area contributed by atoms with Crippen LogP contribution in [0.25, 0.3) is 0 Å². The minimum Gasteiger partial charge on any atom is -0.378 e. The number of likely N-dealkylation sites (tertiary alicyclic amines) is 1. The van der Waals surface area contributed by atoms with Gasteiger partial charge in [-0.2, -0.15) is 13.2 Å². The number of benzene rings is 1. The summed E-state index contributed by atoms with van der Waals surface area (Å²) in [5.74, 6) is 0. The SMILES string of the molecule is FC(F)(F)c1cc(CN2CCC3(CCNC3)C2)ccc1N1CCOCC1. The summed E-state index contributed by atoms with van der Waals surface area (Å²) in [5.41, 5.74) is 0.841. The number of rotatable bonds is 3. The number of hydrogen-bond donors (Lipinski definition) is 1. The highest BCUT2D eigenvalue weighted by Gasteiger charge is 2.40. The van der Waals surface area contributed by atoms with E-state index in [1.807, 2.05) is 6.07 Å². The molecular weight excluding hydrogens is 343 g/mol. The van der Waals surface area contributed by atoms with Gasteiger partial charge in [0.25, 0.3) is 0 Å². The van der Waals surface area contributed by atoms with E-state index in [4.69, 9.17) is 4.74 Å². The predicted molar refractivity (Wildman–Crippen MR) is 94.3 cm³/mol. The largest absolute Gasteiger partial charge is 0.418 e. The molecule has 144 valence electrons. The number of anilines is 1. The van der Waals surface area contributed by atoms with Gasteiger partial charge < -0.3 is 15.0 Å². The van der Waals surface area contributed by atoms with E-state index in [9.17, 15) is 13.2 Å². The Bertz CT molecular complexity index is 637. The Morgan fingerprint density at radius 3 is 2.62 bits per heavy atom. The summed E-state index contributed by atoms with van der Waals surface area (Å²) in [6.45, 7) is 6.59. The lowest BCUT2D eigenvalue weighted by atomic mass is 9.86. The van der Waals surface area contributed by atoms with Crippen molar-refractivity contribution in [3.8, 4) is 0 Å². The van der Waals surface area contributed by atoms with Gasteiger partial charge in [0.2, 0.25) is 0 Å². The number of nitrogens with zero attached hydrogens (tertiary/aromatic N) is 2. The molecule has 1 aromatic rings. The van der Waals surface area contributed by atoms with Gasteiger partial charge in [0.05, 0.1) is 18.8 Å². The Hall–Kier alpha value is -1.31. The van der Waals surface area contributed by atoms with Crippen LogP contribution in [0.4, 0.5) is 18.9 Å². The third-order valence-electron chi connectivity index (χ3n) is 5.97. The monoisotopic (exact) mass is 369 g/mol. The van der Waals surface area contributed by atoms with E-state index in [1.165, 1.54) is 12.5 Å². The molecule has 3 fully saturated rings. The van der Waals surface area contributed by atoms with Gasteiger partial charge in [-0.3, -0.25) is 4.90 Å². The van der Waals surface area contributed by atoms with Gasteiger partial charge in [-0.1, -0.05) is 6.07 Å². The number of hydrogen-bond acceptors (Lipinski definition) is 4. The second-order valence-corrected chi connectivity index (χ2v) is 7.84. The molecule has 26 heavy (non-hydrogen) atoms. The Labute approximate surface area is 152 Å². The van der Waals surface area contributed by atoms with E-state index in [0.717, 1.165) is 38.2 Å². The molecule has 1 aromatic carbocycles. The number of halogens is 3. The Morgan fingerprint density at radius 2 is 1.92 bits per heavy atom. The van der Waals surface area contributed by atoms with Crippen LogP contribution < -0.4 is 10.2 Å². The molecule has 0 radical (unpaired) electrons. The molecule has 0 aromatic heterocycles. The minimum absolute atomic E-state index is 0.280. The summed E-state index contributed by atoms with van der Waals surface area (Å²) in [5, 5.41) is 3.42. The first-order chi connectivity index (χ1) is 12.5. The zero-order chi connectivity index (χ0) is 18.2. The zero-order valence-corrected chi connectivity index (χ0v) is 14.9. The van der Waals surface area contributed by atoms with E-state index in [0.29, 0.717) is 38.3 Å². The van der Waals surface area contributed by atoms with Gasteiger partial charge in [-0.05, 0) is 49.0 Å². The summed E-state index contributed by atoms with van der Waals surface area (Å²) in [7, 11) is 0. The van der Waals surface area contributed by atoms with Crippen molar-refractivity contribution < 1.29 is 17.9 Å². The molecule has 4 nitrogen and oxygen atoms in total. The molecule has 0 saturated carbocycles. The van der Waals surface area contributed by atoms with Crippen LogP contribution in [-0.4, -0.2) is 57.4 Å². The Morgan fingerprint density at radius 1 is 1.12 bits per heavy atom. The maximum absolute atomic E-state index is 13.7. The van der Waals surface area contributed by atoms with E-state index >= 15 is 0 Å². The number of ether oxygens (including phenoxy) is 1. The van der Waals surface area contributed by atoms with Crippen LogP contribution in [0.15, 0.2) is 18.2 Å². The zero-order valence-electron chi connectivity index (χ0n) is 14.9. The lowest BCUT2D eigenvalue weighted by Gasteiger charge is -2.31. The highest BCUT2D eigenvalue weighted by atomic mass is 19.4. The summed E-state index contributed by atoms with van der Waals surface area (Å²) in [6, 6.07) is 4.85. The van der Waals surface area contributed by atoms with E-state index < -0.39 is 11.7 Å². The topological polar surface area (TPSA) is 27.7 Å². The fourth-order valence-electron chi connectivity index (χ4n) is 4.55. The number of alkyl halides is 3. The van der Waals surface area contributed by atoms with Crippen molar-refractivity contribution in [3.63, 3.8) is 0 Å². The molecule has 3 heterocycles. The van der Waals surface area contributed by atoms with Crippen molar-refractivity contribution >= 4 is 5.69 Å². The molecule has 3 saturated heterocycles. The summed E-state index contributed by atoms with van der Waals surface area (Å²) >= 11 is 0. The maximum Gasteiger partial charge on any atom is 0.418 e. The molecule has 7 heteroatoms. The Balaban J connectivity index is 1.52. The highest BCUT2D eigenvalue weighted by molar-refractivity contribution is 5.56. The summed E-state index contributed by atoms with van der Waals surface area (Å²) in [6.07, 6.45) is -2.03. The van der Waals surface area contributed by atoms with Gasteiger partial charge >= 0.3 is 6.18 Å². The minimum atomic E-state index is -4.34. The van der Waals surface area contributed by atoms with Gasteiger partial charge in [-0.25, -0.2) is 0 Å². The van der Waals surface area contributed by atoms with Crippen LogP contribution in [-0.2, 0) is 17.5 Å². The lowest BCUT2D eigenvalue weighted by molar-refractivity contribution is -0.137. The van der Waals surface area contributed by atoms with Crippen LogP contribution in [0, 0.1) is 5.41 Å². The van der Waals surface area contributed by atoms with Crippen molar-refractivity contribution in [1.82, 2.24) is 10.2 Å². The van der Waals surface area contributed by atoms with Gasteiger partial charge in [0.1, 0.15) is 0 Å². The number of morpholine rings is 1. The average Bonchev–Trinajstić information content (AvgIpc) is 3.25. The quantitative estimate of drug-likeness (QED) is 0.887. The maximum atomic E-state index is 13.7. The predicted octanol–water partition coefficient (Wildman–Crippen LogP) is 2.73. The standard InChI is InChI=1S/C19H26F3N3O/c20-19(21,22)16-11-15(1-2-17(16)25-7-9-26-10-8-25)12-24-6-4-18(14-24)3-5-23-13-18/h1-2,11,23H,3-10,12-14H2. The van der Waals surface area contributed by atoms with Crippen LogP contribution in [0.1, 0.15) is 24.0 Å². The van der Waals surface area contributed by atoms with Crippen LogP contribution in [0.3, 0.4) is 0 Å². The lowest BCUT2D eigenvalue weighted by Crippen LogP contribution is -2.37. The fourth-order valence-corrected chi connectivity index (χ4v) is 4.55. The average molecular weight is 369 g/mol. The van der Waals surface area contributed by atoms with Crippen LogP contribution in [0.2, 0.25) is 0 Å². The molecule has 1 atom stereocenters. The second-order valence-electron chi connectivity index (χ2n) is 7.84. The van der Waals surface area contributed by atoms with Gasteiger partial charge in [-0.15, -0.1) is 0 Å². The summed E-state index contributed by atoms with van der Waals surface area (Å²) < 4.78 is 46.2. The first-order valence-electron chi connectivity index (χ1n) is 9.41. The first kappa shape index (κ1) is 18.1. The number of nitrogens with one attached hydrogen (secondary N) is 1. The van der Waals surface area contributed by atoms with E-state index in [1.54, 1.807) is 11.0 Å². The van der Waals surface area contributed by atoms with Gasteiger partial charge in [0, 0.05) is 38.4 Å². The van der Waals surface area contributed by atoms with Crippen molar-refractivity contribution in [2.24, 2.45) is 5.41 Å². The molecule has 0 aliphatic carbocycles. The van der Waals surface area contributed by atoms with Crippen LogP contribution >= 0.6 is 0 Å². The molecule has 3 aliphatic rings. The molecule has 1 N–H and O–H groups in total. The molecule has 3 aliphatic heterocycles. The fraction of sp³-hybridized carbons (Fsp3) is 0.684. The molecule has 4 rings (SSSR count). The molecule has 1 spiro atoms. The normalized spacial score (nSPS) is 27.6. The van der Waals surface area contributed by atoms with Crippen molar-refractivity contribution in [2.75, 3.05) is 57.4 Å². The van der Waals surface area contributed by atoms with Crippen LogP contribution in [0.5, 0.6) is 0 Å². The Kier molecular flexibility index (Phi) is 4.88. The molecule has 0 bridgehead atoms. The first-order valence-corrected chi connectivity index (χ1v) is 9.41. The molecule has 1 unspecified atom stereocenters. The van der Waals surface area contributed by atoms with Crippen molar-refractivity contribution in [2.45, 2.75) is 25.6 Å². The van der Waals surface area contributed by atoms with E-state index in [2.05, 4.69) is 10.2 Å². The second kappa shape index (κ2) is 7.02. The molecule has 0 amide bonds. The summed E-state index contributed by atoms with van der Waals surface area (Å²) in [4.78, 5) is 4.09. The third kappa shape index (κ3) is 3.70. The van der Waals surface area contributed by atoms with Crippen molar-refractivity contribution in [1.29, 1.82) is 0 Å². The molecular formula is C19H26F3N3O. The smallest absolute Gasteiger partial charge is 0.378 e. The van der Waals surface area contributed by atoms with Gasteiger partial charge in [0.15, 0.2) is 0 Å². The third-order valence-corrected chi connectivity index (χ3v) is 5.97. The van der Waals surface area contributed by atoms with Crippen molar-refractivity contribution in [3.05, 3.63) is 29.3 Å². The van der Waals surface area contributed by atoms with E-state index in [-0.39, 0.29) is 5.69 Å². The highest BCUT2D eigenvalue weighted by Crippen LogP contribution is 2.39.